The Hall–Kier alpha value is -1.06. The standard InChI is InChI=1S/C14H14BrClN2/c1-10-7-13(15)14(17-8-10)18(2)9-11-3-5-12(16)6-4-11/h3-8H,9H2,1-2H3. The first-order valence-electron chi connectivity index (χ1n) is 5.64. The molecule has 0 unspecified atom stereocenters. The van der Waals surface area contributed by atoms with E-state index in [1.165, 1.54) is 5.56 Å². The van der Waals surface area contributed by atoms with E-state index in [9.17, 15) is 0 Å². The maximum absolute atomic E-state index is 5.87. The molecule has 0 aliphatic rings. The zero-order valence-electron chi connectivity index (χ0n) is 10.3. The van der Waals surface area contributed by atoms with Gasteiger partial charge in [-0.15, -0.1) is 0 Å². The molecule has 2 aromatic rings. The van der Waals surface area contributed by atoms with Crippen molar-refractivity contribution in [1.82, 2.24) is 4.98 Å². The summed E-state index contributed by atoms with van der Waals surface area (Å²) in [7, 11) is 2.02. The molecular weight excluding hydrogens is 312 g/mol. The van der Waals surface area contributed by atoms with Crippen LogP contribution in [0.3, 0.4) is 0 Å². The first-order chi connectivity index (χ1) is 8.56. The molecule has 2 nitrogen and oxygen atoms in total. The Balaban J connectivity index is 2.16. The van der Waals surface area contributed by atoms with Gasteiger partial charge in [0, 0.05) is 24.8 Å². The summed E-state index contributed by atoms with van der Waals surface area (Å²) in [6, 6.07) is 9.94. The summed E-state index contributed by atoms with van der Waals surface area (Å²) < 4.78 is 1.01. The Morgan fingerprint density at radius 2 is 1.94 bits per heavy atom. The molecule has 0 N–H and O–H groups in total. The number of hydrogen-bond acceptors (Lipinski definition) is 2. The average molecular weight is 326 g/mol. The summed E-state index contributed by atoms with van der Waals surface area (Å²) in [5.74, 6) is 0.940. The van der Waals surface area contributed by atoms with Crippen molar-refractivity contribution in [2.75, 3.05) is 11.9 Å². The summed E-state index contributed by atoms with van der Waals surface area (Å²) in [5, 5.41) is 0.760. The van der Waals surface area contributed by atoms with Gasteiger partial charge in [-0.1, -0.05) is 23.7 Å². The number of pyridine rings is 1. The molecule has 1 aromatic heterocycles. The summed E-state index contributed by atoms with van der Waals surface area (Å²) in [6.07, 6.45) is 1.87. The predicted octanol–water partition coefficient (Wildman–Crippen LogP) is 4.44. The van der Waals surface area contributed by atoms with Gasteiger partial charge in [0.15, 0.2) is 0 Å². The zero-order chi connectivity index (χ0) is 13.1. The molecule has 0 fully saturated rings. The minimum absolute atomic E-state index is 0.760. The largest absolute Gasteiger partial charge is 0.354 e. The van der Waals surface area contributed by atoms with E-state index >= 15 is 0 Å². The third-order valence-corrected chi connectivity index (χ3v) is 3.49. The third kappa shape index (κ3) is 3.24. The Morgan fingerprint density at radius 1 is 1.28 bits per heavy atom. The molecule has 94 valence electrons. The van der Waals surface area contributed by atoms with Crippen molar-refractivity contribution in [3.05, 3.63) is 57.2 Å². The van der Waals surface area contributed by atoms with Crippen LogP contribution < -0.4 is 4.90 Å². The topological polar surface area (TPSA) is 16.1 Å². The molecule has 0 atom stereocenters. The van der Waals surface area contributed by atoms with E-state index in [0.29, 0.717) is 0 Å². The fourth-order valence-electron chi connectivity index (χ4n) is 1.75. The van der Waals surface area contributed by atoms with Gasteiger partial charge in [-0.25, -0.2) is 4.98 Å². The number of halogens is 2. The van der Waals surface area contributed by atoms with E-state index in [1.54, 1.807) is 0 Å². The molecule has 1 heterocycles. The van der Waals surface area contributed by atoms with Crippen molar-refractivity contribution in [3.63, 3.8) is 0 Å². The van der Waals surface area contributed by atoms with Crippen LogP contribution in [-0.4, -0.2) is 12.0 Å². The van der Waals surface area contributed by atoms with Gasteiger partial charge in [-0.2, -0.15) is 0 Å². The van der Waals surface area contributed by atoms with Gasteiger partial charge in [0.1, 0.15) is 5.82 Å². The van der Waals surface area contributed by atoms with Crippen molar-refractivity contribution in [1.29, 1.82) is 0 Å². The van der Waals surface area contributed by atoms with Crippen molar-refractivity contribution >= 4 is 33.3 Å². The van der Waals surface area contributed by atoms with Crippen LogP contribution in [0, 0.1) is 6.92 Å². The highest BCUT2D eigenvalue weighted by Gasteiger charge is 2.08. The minimum Gasteiger partial charge on any atom is -0.354 e. The Bertz CT molecular complexity index is 540. The van der Waals surface area contributed by atoms with Crippen LogP contribution in [-0.2, 0) is 6.54 Å². The summed E-state index contributed by atoms with van der Waals surface area (Å²) in [5.41, 5.74) is 2.35. The van der Waals surface area contributed by atoms with E-state index in [2.05, 4.69) is 31.9 Å². The first kappa shape index (κ1) is 13.4. The molecule has 0 saturated carbocycles. The van der Waals surface area contributed by atoms with Crippen LogP contribution >= 0.6 is 27.5 Å². The Labute approximate surface area is 121 Å². The number of aryl methyl sites for hydroxylation is 1. The van der Waals surface area contributed by atoms with Crippen molar-refractivity contribution in [2.24, 2.45) is 0 Å². The van der Waals surface area contributed by atoms with E-state index in [4.69, 9.17) is 11.6 Å². The molecule has 0 aliphatic heterocycles. The predicted molar refractivity (Wildman–Crippen MR) is 80.2 cm³/mol. The molecule has 0 aliphatic carbocycles. The highest BCUT2D eigenvalue weighted by molar-refractivity contribution is 9.10. The molecule has 18 heavy (non-hydrogen) atoms. The molecular formula is C14H14BrClN2. The van der Waals surface area contributed by atoms with Gasteiger partial charge >= 0.3 is 0 Å². The number of hydrogen-bond donors (Lipinski definition) is 0. The van der Waals surface area contributed by atoms with Crippen molar-refractivity contribution in [2.45, 2.75) is 13.5 Å². The summed E-state index contributed by atoms with van der Waals surface area (Å²) in [6.45, 7) is 2.83. The SMILES string of the molecule is Cc1cnc(N(C)Cc2ccc(Cl)cc2)c(Br)c1. The molecule has 1 aromatic carbocycles. The second kappa shape index (κ2) is 5.72. The molecule has 0 bridgehead atoms. The second-order valence-electron chi connectivity index (χ2n) is 4.30. The highest BCUT2D eigenvalue weighted by atomic mass is 79.9. The molecule has 0 amide bonds. The van der Waals surface area contributed by atoms with Crippen LogP contribution in [0.2, 0.25) is 5.02 Å². The lowest BCUT2D eigenvalue weighted by atomic mass is 10.2. The molecule has 0 saturated heterocycles. The number of aromatic nitrogens is 1. The lowest BCUT2D eigenvalue weighted by Gasteiger charge is -2.19. The zero-order valence-corrected chi connectivity index (χ0v) is 12.7. The first-order valence-corrected chi connectivity index (χ1v) is 6.81. The Morgan fingerprint density at radius 3 is 2.56 bits per heavy atom. The molecule has 4 heteroatoms. The maximum Gasteiger partial charge on any atom is 0.142 e. The number of anilines is 1. The van der Waals surface area contributed by atoms with E-state index < -0.39 is 0 Å². The monoisotopic (exact) mass is 324 g/mol. The lowest BCUT2D eigenvalue weighted by Crippen LogP contribution is -2.18. The van der Waals surface area contributed by atoms with Crippen LogP contribution in [0.25, 0.3) is 0 Å². The van der Waals surface area contributed by atoms with E-state index in [0.717, 1.165) is 27.4 Å². The highest BCUT2D eigenvalue weighted by Crippen LogP contribution is 2.24. The fourth-order valence-corrected chi connectivity index (χ4v) is 2.64. The average Bonchev–Trinajstić information content (AvgIpc) is 2.32. The van der Waals surface area contributed by atoms with Crippen LogP contribution in [0.1, 0.15) is 11.1 Å². The van der Waals surface area contributed by atoms with Crippen molar-refractivity contribution < 1.29 is 0 Å². The quantitative estimate of drug-likeness (QED) is 0.829. The van der Waals surface area contributed by atoms with Gasteiger partial charge in [0.2, 0.25) is 0 Å². The molecule has 0 radical (unpaired) electrons. The lowest BCUT2D eigenvalue weighted by molar-refractivity contribution is 0.892. The van der Waals surface area contributed by atoms with Crippen LogP contribution in [0.15, 0.2) is 41.0 Å². The van der Waals surface area contributed by atoms with Gasteiger partial charge in [0.25, 0.3) is 0 Å². The number of benzene rings is 1. The van der Waals surface area contributed by atoms with E-state index in [-0.39, 0.29) is 0 Å². The normalized spacial score (nSPS) is 10.4. The summed E-state index contributed by atoms with van der Waals surface area (Å²) >= 11 is 9.42. The minimum atomic E-state index is 0.760. The molecule has 0 spiro atoms. The van der Waals surface area contributed by atoms with Gasteiger partial charge in [0.05, 0.1) is 4.47 Å². The Kier molecular flexibility index (Phi) is 4.25. The third-order valence-electron chi connectivity index (χ3n) is 2.65. The van der Waals surface area contributed by atoms with Crippen LogP contribution in [0.4, 0.5) is 5.82 Å². The summed E-state index contributed by atoms with van der Waals surface area (Å²) in [4.78, 5) is 6.55. The van der Waals surface area contributed by atoms with Gasteiger partial charge in [-0.05, 0) is 52.2 Å². The second-order valence-corrected chi connectivity index (χ2v) is 5.59. The number of nitrogens with zero attached hydrogens (tertiary/aromatic N) is 2. The fraction of sp³-hybridized carbons (Fsp3) is 0.214. The van der Waals surface area contributed by atoms with Crippen LogP contribution in [0.5, 0.6) is 0 Å². The number of rotatable bonds is 3. The van der Waals surface area contributed by atoms with Crippen molar-refractivity contribution in [3.8, 4) is 0 Å². The molecule has 2 rings (SSSR count). The smallest absolute Gasteiger partial charge is 0.142 e. The van der Waals surface area contributed by atoms with E-state index in [1.807, 2.05) is 44.4 Å². The maximum atomic E-state index is 5.87. The van der Waals surface area contributed by atoms with Gasteiger partial charge in [-0.3, -0.25) is 0 Å². The van der Waals surface area contributed by atoms with Gasteiger partial charge < -0.3 is 4.90 Å².